The van der Waals surface area contributed by atoms with Gasteiger partial charge in [-0.1, -0.05) is 12.1 Å². The molecule has 2 rings (SSSR count). The van der Waals surface area contributed by atoms with Crippen LogP contribution in [0.15, 0.2) is 41.3 Å². The van der Waals surface area contributed by atoms with E-state index in [2.05, 4.69) is 4.98 Å². The van der Waals surface area contributed by atoms with Gasteiger partial charge in [-0.2, -0.15) is 0 Å². The van der Waals surface area contributed by atoms with E-state index in [9.17, 15) is 19.7 Å². The van der Waals surface area contributed by atoms with Gasteiger partial charge in [0.2, 0.25) is 5.56 Å². The summed E-state index contributed by atoms with van der Waals surface area (Å²) in [5, 5.41) is 10.8. The van der Waals surface area contributed by atoms with Crippen molar-refractivity contribution in [2.45, 2.75) is 6.92 Å². The van der Waals surface area contributed by atoms with Gasteiger partial charge in [0, 0.05) is 30.0 Å². The third-order valence-electron chi connectivity index (χ3n) is 2.79. The topological polar surface area (TPSA) is 102 Å². The Balaban J connectivity index is 2.59. The van der Waals surface area contributed by atoms with Crippen LogP contribution in [-0.4, -0.2) is 22.5 Å². The van der Waals surface area contributed by atoms with Crippen molar-refractivity contribution in [2.75, 3.05) is 6.61 Å². The summed E-state index contributed by atoms with van der Waals surface area (Å²) in [6, 6.07) is 6.93. The van der Waals surface area contributed by atoms with Crippen molar-refractivity contribution >= 4 is 11.7 Å². The Morgan fingerprint density at radius 3 is 2.81 bits per heavy atom. The number of pyridine rings is 1. The quantitative estimate of drug-likeness (QED) is 0.527. The first-order valence-electron chi connectivity index (χ1n) is 6.17. The standard InChI is InChI=1S/C14H12N2O5/c1-2-21-14(18)12-8-15-13(17)7-11(12)9-4-3-5-10(6-9)16(19)20/h3-8H,2H2,1H3,(H,15,17). The Kier molecular flexibility index (Phi) is 4.13. The number of benzene rings is 1. The van der Waals surface area contributed by atoms with E-state index in [0.717, 1.165) is 0 Å². The Morgan fingerprint density at radius 2 is 2.14 bits per heavy atom. The van der Waals surface area contributed by atoms with Crippen LogP contribution in [0, 0.1) is 10.1 Å². The van der Waals surface area contributed by atoms with Gasteiger partial charge in [-0.25, -0.2) is 4.79 Å². The second-order valence-electron chi connectivity index (χ2n) is 4.15. The van der Waals surface area contributed by atoms with Crippen molar-refractivity contribution < 1.29 is 14.5 Å². The second kappa shape index (κ2) is 6.00. The van der Waals surface area contributed by atoms with Gasteiger partial charge in [0.25, 0.3) is 5.69 Å². The molecule has 2 aromatic rings. The number of esters is 1. The van der Waals surface area contributed by atoms with E-state index in [0.29, 0.717) is 11.1 Å². The zero-order valence-corrected chi connectivity index (χ0v) is 11.2. The average Bonchev–Trinajstić information content (AvgIpc) is 2.47. The molecule has 0 bridgehead atoms. The number of nitro benzene ring substituents is 1. The second-order valence-corrected chi connectivity index (χ2v) is 4.15. The molecule has 0 spiro atoms. The predicted octanol–water partition coefficient (Wildman–Crippen LogP) is 2.13. The van der Waals surface area contributed by atoms with Gasteiger partial charge in [-0.3, -0.25) is 14.9 Å². The third kappa shape index (κ3) is 3.14. The molecule has 1 aromatic heterocycles. The van der Waals surface area contributed by atoms with E-state index in [1.54, 1.807) is 13.0 Å². The number of ether oxygens (including phenoxy) is 1. The van der Waals surface area contributed by atoms with E-state index < -0.39 is 16.5 Å². The van der Waals surface area contributed by atoms with Crippen LogP contribution in [0.4, 0.5) is 5.69 Å². The van der Waals surface area contributed by atoms with Gasteiger partial charge in [0.1, 0.15) is 0 Å². The summed E-state index contributed by atoms with van der Waals surface area (Å²) in [6.07, 6.45) is 1.24. The zero-order chi connectivity index (χ0) is 15.4. The van der Waals surface area contributed by atoms with Gasteiger partial charge in [0.05, 0.1) is 17.1 Å². The van der Waals surface area contributed by atoms with Crippen molar-refractivity contribution in [3.8, 4) is 11.1 Å². The number of hydrogen-bond acceptors (Lipinski definition) is 5. The molecule has 1 N–H and O–H groups in total. The molecule has 1 aromatic carbocycles. The van der Waals surface area contributed by atoms with Gasteiger partial charge in [-0.15, -0.1) is 0 Å². The Hall–Kier alpha value is -2.96. The lowest BCUT2D eigenvalue weighted by Gasteiger charge is -2.08. The molecule has 0 aliphatic heterocycles. The van der Waals surface area contributed by atoms with Crippen LogP contribution in [0.1, 0.15) is 17.3 Å². The molecule has 1 heterocycles. The van der Waals surface area contributed by atoms with Crippen LogP contribution < -0.4 is 5.56 Å². The Morgan fingerprint density at radius 1 is 1.38 bits per heavy atom. The normalized spacial score (nSPS) is 10.1. The molecule has 21 heavy (non-hydrogen) atoms. The fourth-order valence-corrected chi connectivity index (χ4v) is 1.88. The number of aromatic amines is 1. The fraction of sp³-hybridized carbons (Fsp3) is 0.143. The maximum Gasteiger partial charge on any atom is 0.340 e. The molecule has 0 aliphatic rings. The minimum atomic E-state index is -0.602. The molecule has 0 saturated heterocycles. The highest BCUT2D eigenvalue weighted by molar-refractivity contribution is 5.97. The molecule has 7 heteroatoms. The van der Waals surface area contributed by atoms with Gasteiger partial charge in [0.15, 0.2) is 0 Å². The molecule has 0 amide bonds. The number of nitrogens with one attached hydrogen (secondary N) is 1. The van der Waals surface area contributed by atoms with E-state index in [4.69, 9.17) is 4.74 Å². The highest BCUT2D eigenvalue weighted by atomic mass is 16.6. The summed E-state index contributed by atoms with van der Waals surface area (Å²) >= 11 is 0. The molecule has 108 valence electrons. The predicted molar refractivity (Wildman–Crippen MR) is 75.1 cm³/mol. The monoisotopic (exact) mass is 288 g/mol. The number of nitro groups is 1. The van der Waals surface area contributed by atoms with Crippen LogP contribution in [0.25, 0.3) is 11.1 Å². The molecule has 7 nitrogen and oxygen atoms in total. The zero-order valence-electron chi connectivity index (χ0n) is 11.2. The number of aromatic nitrogens is 1. The molecule has 0 fully saturated rings. The largest absolute Gasteiger partial charge is 0.462 e. The number of nitrogens with zero attached hydrogens (tertiary/aromatic N) is 1. The molecular formula is C14H12N2O5. The smallest absolute Gasteiger partial charge is 0.340 e. The molecule has 0 saturated carbocycles. The molecule has 0 radical (unpaired) electrons. The van der Waals surface area contributed by atoms with Crippen molar-refractivity contribution in [1.82, 2.24) is 4.98 Å². The number of carbonyl (C=O) groups excluding carboxylic acids is 1. The summed E-state index contributed by atoms with van der Waals surface area (Å²) in [5.41, 5.74) is 0.309. The van der Waals surface area contributed by atoms with Crippen LogP contribution >= 0.6 is 0 Å². The molecule has 0 unspecified atom stereocenters. The van der Waals surface area contributed by atoms with E-state index in [1.807, 2.05) is 0 Å². The van der Waals surface area contributed by atoms with Gasteiger partial charge < -0.3 is 9.72 Å². The van der Waals surface area contributed by atoms with Crippen LogP contribution in [-0.2, 0) is 4.74 Å². The van der Waals surface area contributed by atoms with Gasteiger partial charge >= 0.3 is 5.97 Å². The first-order valence-corrected chi connectivity index (χ1v) is 6.17. The summed E-state index contributed by atoms with van der Waals surface area (Å²) in [7, 11) is 0. The van der Waals surface area contributed by atoms with Crippen molar-refractivity contribution in [2.24, 2.45) is 0 Å². The number of carbonyl (C=O) groups is 1. The van der Waals surface area contributed by atoms with E-state index >= 15 is 0 Å². The molecular weight excluding hydrogens is 276 g/mol. The minimum Gasteiger partial charge on any atom is -0.462 e. The number of H-pyrrole nitrogens is 1. The Labute approximate surface area is 119 Å². The SMILES string of the molecule is CCOC(=O)c1c[nH]c(=O)cc1-c1cccc([N+](=O)[O-])c1. The maximum atomic E-state index is 11.9. The number of hydrogen-bond donors (Lipinski definition) is 1. The lowest BCUT2D eigenvalue weighted by Crippen LogP contribution is -2.12. The van der Waals surface area contributed by atoms with E-state index in [-0.39, 0.29) is 17.9 Å². The van der Waals surface area contributed by atoms with Crippen LogP contribution in [0.5, 0.6) is 0 Å². The first kappa shape index (κ1) is 14.4. The summed E-state index contributed by atoms with van der Waals surface area (Å²) in [5.74, 6) is -0.602. The highest BCUT2D eigenvalue weighted by Crippen LogP contribution is 2.26. The number of non-ortho nitro benzene ring substituents is 1. The van der Waals surface area contributed by atoms with Crippen LogP contribution in [0.2, 0.25) is 0 Å². The lowest BCUT2D eigenvalue weighted by molar-refractivity contribution is -0.384. The highest BCUT2D eigenvalue weighted by Gasteiger charge is 2.16. The maximum absolute atomic E-state index is 11.9. The molecule has 0 aliphatic carbocycles. The lowest BCUT2D eigenvalue weighted by atomic mass is 10.0. The first-order chi connectivity index (χ1) is 10.0. The Bertz CT molecular complexity index is 751. The average molecular weight is 288 g/mol. The van der Waals surface area contributed by atoms with E-state index in [1.165, 1.54) is 30.5 Å². The minimum absolute atomic E-state index is 0.123. The summed E-state index contributed by atoms with van der Waals surface area (Å²) in [6.45, 7) is 1.85. The fourth-order valence-electron chi connectivity index (χ4n) is 1.88. The summed E-state index contributed by atoms with van der Waals surface area (Å²) in [4.78, 5) is 36.0. The van der Waals surface area contributed by atoms with Crippen LogP contribution in [0.3, 0.4) is 0 Å². The third-order valence-corrected chi connectivity index (χ3v) is 2.79. The van der Waals surface area contributed by atoms with Crippen molar-refractivity contribution in [1.29, 1.82) is 0 Å². The summed E-state index contributed by atoms with van der Waals surface area (Å²) < 4.78 is 4.91. The molecule has 0 atom stereocenters. The van der Waals surface area contributed by atoms with Crippen molar-refractivity contribution in [3.63, 3.8) is 0 Å². The van der Waals surface area contributed by atoms with Gasteiger partial charge in [-0.05, 0) is 12.5 Å². The van der Waals surface area contributed by atoms with Crippen molar-refractivity contribution in [3.05, 3.63) is 62.6 Å². The number of rotatable bonds is 4.